The maximum atomic E-state index is 12.9. The van der Waals surface area contributed by atoms with Crippen LogP contribution in [0.25, 0.3) is 0 Å². The Hall–Kier alpha value is -1.99. The second-order valence-corrected chi connectivity index (χ2v) is 7.71. The van der Waals surface area contributed by atoms with Gasteiger partial charge in [0.25, 0.3) is 0 Å². The van der Waals surface area contributed by atoms with E-state index < -0.39 is 15.8 Å². The predicted octanol–water partition coefficient (Wildman–Crippen LogP) is 2.42. The molecule has 0 saturated carbocycles. The molecule has 0 spiro atoms. The first kappa shape index (κ1) is 16.9. The smallest absolute Gasteiger partial charge is 0.240 e. The lowest BCUT2D eigenvalue weighted by atomic mass is 9.97. The molecule has 24 heavy (non-hydrogen) atoms. The molecule has 0 atom stereocenters. The molecule has 7 heteroatoms. The van der Waals surface area contributed by atoms with Gasteiger partial charge >= 0.3 is 0 Å². The third-order valence-corrected chi connectivity index (χ3v) is 5.75. The molecule has 0 aliphatic carbocycles. The molecule has 1 aromatic carbocycles. The van der Waals surface area contributed by atoms with Crippen molar-refractivity contribution in [3.8, 4) is 0 Å². The number of piperidine rings is 1. The van der Waals surface area contributed by atoms with E-state index in [0.29, 0.717) is 12.5 Å². The summed E-state index contributed by atoms with van der Waals surface area (Å²) in [5.41, 5.74) is 1.10. The van der Waals surface area contributed by atoms with Gasteiger partial charge in [0.15, 0.2) is 0 Å². The first-order valence-corrected chi connectivity index (χ1v) is 9.43. The summed E-state index contributed by atoms with van der Waals surface area (Å²) in [5, 5.41) is 0. The van der Waals surface area contributed by atoms with Crippen LogP contribution in [0.15, 0.2) is 53.7 Å². The Morgan fingerprint density at radius 3 is 2.50 bits per heavy atom. The molecule has 2 aromatic rings. The minimum absolute atomic E-state index is 0.0942. The molecule has 1 N–H and O–H groups in total. The fourth-order valence-corrected chi connectivity index (χ4v) is 3.98. The van der Waals surface area contributed by atoms with E-state index in [2.05, 4.69) is 14.6 Å². The Labute approximate surface area is 141 Å². The number of nitrogens with one attached hydrogen (secondary N) is 1. The van der Waals surface area contributed by atoms with Crippen LogP contribution in [0.1, 0.15) is 12.8 Å². The normalized spacial score (nSPS) is 16.3. The summed E-state index contributed by atoms with van der Waals surface area (Å²) >= 11 is 0. The van der Waals surface area contributed by atoms with Crippen molar-refractivity contribution in [3.05, 3.63) is 54.6 Å². The molecule has 1 aliphatic heterocycles. The van der Waals surface area contributed by atoms with Gasteiger partial charge in [0.2, 0.25) is 10.0 Å². The van der Waals surface area contributed by atoms with E-state index in [9.17, 15) is 12.8 Å². The molecule has 128 valence electrons. The first-order valence-electron chi connectivity index (χ1n) is 7.95. The highest BCUT2D eigenvalue weighted by atomic mass is 32.2. The van der Waals surface area contributed by atoms with Gasteiger partial charge < -0.3 is 4.90 Å². The highest BCUT2D eigenvalue weighted by molar-refractivity contribution is 7.89. The molecule has 0 bridgehead atoms. The van der Waals surface area contributed by atoms with E-state index in [0.717, 1.165) is 43.8 Å². The van der Waals surface area contributed by atoms with Gasteiger partial charge in [-0.05, 0) is 55.2 Å². The largest absolute Gasteiger partial charge is 0.370 e. The number of anilines is 1. The van der Waals surface area contributed by atoms with Crippen LogP contribution < -0.4 is 9.62 Å². The van der Waals surface area contributed by atoms with E-state index in [1.807, 2.05) is 18.3 Å². The summed E-state index contributed by atoms with van der Waals surface area (Å²) in [6.07, 6.45) is 5.43. The topological polar surface area (TPSA) is 62.3 Å². The molecule has 0 radical (unpaired) electrons. The van der Waals surface area contributed by atoms with Crippen molar-refractivity contribution in [1.82, 2.24) is 9.71 Å². The average molecular weight is 349 g/mol. The fraction of sp³-hybridized carbons (Fsp3) is 0.353. The Kier molecular flexibility index (Phi) is 5.11. The van der Waals surface area contributed by atoms with E-state index in [1.54, 1.807) is 6.20 Å². The number of benzene rings is 1. The van der Waals surface area contributed by atoms with Gasteiger partial charge in [-0.2, -0.15) is 0 Å². The third-order valence-electron chi connectivity index (χ3n) is 4.31. The zero-order valence-corrected chi connectivity index (χ0v) is 14.0. The molecule has 1 saturated heterocycles. The Balaban J connectivity index is 1.52. The molecule has 0 amide bonds. The van der Waals surface area contributed by atoms with Crippen LogP contribution in [0.5, 0.6) is 0 Å². The summed E-state index contributed by atoms with van der Waals surface area (Å²) in [4.78, 5) is 6.48. The monoisotopic (exact) mass is 349 g/mol. The second kappa shape index (κ2) is 7.27. The van der Waals surface area contributed by atoms with Crippen LogP contribution in [-0.4, -0.2) is 33.0 Å². The standard InChI is InChI=1S/C17H20FN3O2S/c18-15-3-5-17(6-4-15)24(22,23)20-12-14-7-10-21(11-8-14)16-2-1-9-19-13-16/h1-6,9,13-14,20H,7-8,10-12H2. The summed E-state index contributed by atoms with van der Waals surface area (Å²) in [6, 6.07) is 8.82. The fourth-order valence-electron chi connectivity index (χ4n) is 2.86. The van der Waals surface area contributed by atoms with Gasteiger partial charge in [-0.25, -0.2) is 17.5 Å². The van der Waals surface area contributed by atoms with Crippen LogP contribution in [0.3, 0.4) is 0 Å². The highest BCUT2D eigenvalue weighted by Gasteiger charge is 2.22. The maximum absolute atomic E-state index is 12.9. The quantitative estimate of drug-likeness (QED) is 0.900. The van der Waals surface area contributed by atoms with E-state index in [4.69, 9.17) is 0 Å². The maximum Gasteiger partial charge on any atom is 0.240 e. The van der Waals surface area contributed by atoms with Crippen molar-refractivity contribution in [3.63, 3.8) is 0 Å². The number of hydrogen-bond acceptors (Lipinski definition) is 4. The number of hydrogen-bond donors (Lipinski definition) is 1. The third kappa shape index (κ3) is 4.10. The van der Waals surface area contributed by atoms with E-state index in [1.165, 1.54) is 12.1 Å². The number of rotatable bonds is 5. The Morgan fingerprint density at radius 2 is 1.88 bits per heavy atom. The number of halogens is 1. The molecule has 2 heterocycles. The minimum Gasteiger partial charge on any atom is -0.370 e. The Bertz CT molecular complexity index is 758. The SMILES string of the molecule is O=S(=O)(NCC1CCN(c2cccnc2)CC1)c1ccc(F)cc1. The number of aromatic nitrogens is 1. The van der Waals surface area contributed by atoms with Gasteiger partial charge in [0.05, 0.1) is 16.8 Å². The van der Waals surface area contributed by atoms with Crippen molar-refractivity contribution < 1.29 is 12.8 Å². The lowest BCUT2D eigenvalue weighted by molar-refractivity contribution is 0.402. The van der Waals surface area contributed by atoms with Crippen molar-refractivity contribution in [1.29, 1.82) is 0 Å². The molecule has 1 aromatic heterocycles. The van der Waals surface area contributed by atoms with Gasteiger partial charge in [0.1, 0.15) is 5.82 Å². The van der Waals surface area contributed by atoms with Crippen molar-refractivity contribution in [2.75, 3.05) is 24.5 Å². The van der Waals surface area contributed by atoms with Crippen LogP contribution >= 0.6 is 0 Å². The summed E-state index contributed by atoms with van der Waals surface area (Å²) in [6.45, 7) is 2.17. The minimum atomic E-state index is -3.58. The zero-order chi connectivity index (χ0) is 17.0. The van der Waals surface area contributed by atoms with Crippen LogP contribution in [-0.2, 0) is 10.0 Å². The predicted molar refractivity (Wildman–Crippen MR) is 90.8 cm³/mol. The number of pyridine rings is 1. The van der Waals surface area contributed by atoms with Crippen molar-refractivity contribution in [2.45, 2.75) is 17.7 Å². The van der Waals surface area contributed by atoms with Crippen LogP contribution in [0.4, 0.5) is 10.1 Å². The molecule has 1 fully saturated rings. The van der Waals surface area contributed by atoms with Gasteiger partial charge in [-0.1, -0.05) is 0 Å². The van der Waals surface area contributed by atoms with E-state index >= 15 is 0 Å². The number of nitrogens with zero attached hydrogens (tertiary/aromatic N) is 2. The summed E-state index contributed by atoms with van der Waals surface area (Å²) in [5.74, 6) is -0.148. The molecular weight excluding hydrogens is 329 g/mol. The molecular formula is C17H20FN3O2S. The Morgan fingerprint density at radius 1 is 1.17 bits per heavy atom. The lowest BCUT2D eigenvalue weighted by Gasteiger charge is -2.33. The molecule has 5 nitrogen and oxygen atoms in total. The first-order chi connectivity index (χ1) is 11.5. The number of sulfonamides is 1. The van der Waals surface area contributed by atoms with Crippen LogP contribution in [0, 0.1) is 11.7 Å². The zero-order valence-electron chi connectivity index (χ0n) is 13.2. The van der Waals surface area contributed by atoms with Crippen molar-refractivity contribution >= 4 is 15.7 Å². The molecule has 1 aliphatic rings. The summed E-state index contributed by atoms with van der Waals surface area (Å²) < 4.78 is 40.0. The van der Waals surface area contributed by atoms with Crippen LogP contribution in [0.2, 0.25) is 0 Å². The average Bonchev–Trinajstić information content (AvgIpc) is 2.62. The highest BCUT2D eigenvalue weighted by Crippen LogP contribution is 2.22. The van der Waals surface area contributed by atoms with Crippen molar-refractivity contribution in [2.24, 2.45) is 5.92 Å². The summed E-state index contributed by atoms with van der Waals surface area (Å²) in [7, 11) is -3.58. The van der Waals surface area contributed by atoms with Gasteiger partial charge in [0, 0.05) is 25.8 Å². The van der Waals surface area contributed by atoms with Gasteiger partial charge in [-0.15, -0.1) is 0 Å². The lowest BCUT2D eigenvalue weighted by Crippen LogP contribution is -2.38. The molecule has 0 unspecified atom stereocenters. The van der Waals surface area contributed by atoms with E-state index in [-0.39, 0.29) is 4.90 Å². The molecule has 3 rings (SSSR count). The second-order valence-electron chi connectivity index (χ2n) is 5.95. The van der Waals surface area contributed by atoms with Gasteiger partial charge in [-0.3, -0.25) is 4.98 Å².